The van der Waals surface area contributed by atoms with Gasteiger partial charge in [0.05, 0.1) is 5.52 Å². The Bertz CT molecular complexity index is 1310. The van der Waals surface area contributed by atoms with Crippen LogP contribution in [-0.4, -0.2) is 29.4 Å². The molecule has 4 aromatic rings. The minimum absolute atomic E-state index is 0. The Morgan fingerprint density at radius 2 is 1.93 bits per heavy atom. The van der Waals surface area contributed by atoms with Gasteiger partial charge >= 0.3 is 0 Å². The van der Waals surface area contributed by atoms with Crippen LogP contribution in [0.15, 0.2) is 66.1 Å². The third-order valence-corrected chi connectivity index (χ3v) is 6.42. The van der Waals surface area contributed by atoms with Gasteiger partial charge in [0, 0.05) is 47.8 Å². The van der Waals surface area contributed by atoms with Crippen molar-refractivity contribution in [3.63, 3.8) is 0 Å². The van der Waals surface area contributed by atoms with Crippen molar-refractivity contribution in [2.45, 2.75) is 18.4 Å². The monoisotopic (exact) mass is 446 g/mol. The zero-order valence-electron chi connectivity index (χ0n) is 16.3. The molecule has 0 fully saturated rings. The lowest BCUT2D eigenvalue weighted by molar-refractivity contribution is 0.575. The topological polar surface area (TPSA) is 76.9 Å². The van der Waals surface area contributed by atoms with Crippen LogP contribution in [0.3, 0.4) is 0 Å². The molecule has 4 rings (SSSR count). The van der Waals surface area contributed by atoms with Gasteiger partial charge in [-0.05, 0) is 49.4 Å². The van der Waals surface area contributed by atoms with Crippen LogP contribution in [0.1, 0.15) is 11.1 Å². The average Bonchev–Trinajstić information content (AvgIpc) is 3.09. The SMILES string of the molecule is CNCc1cn(S(=O)(=O)c2cccnc2)c2cc(-c3cnc(F)c(C)c3)ccc12.Cl. The normalized spacial score (nSPS) is 11.4. The van der Waals surface area contributed by atoms with E-state index in [1.165, 1.54) is 28.6 Å². The molecule has 3 heterocycles. The quantitative estimate of drug-likeness (QED) is 0.470. The molecule has 3 aromatic heterocycles. The summed E-state index contributed by atoms with van der Waals surface area (Å²) < 4.78 is 41.3. The molecule has 1 aromatic carbocycles. The van der Waals surface area contributed by atoms with Crippen molar-refractivity contribution in [1.82, 2.24) is 19.3 Å². The summed E-state index contributed by atoms with van der Waals surface area (Å²) >= 11 is 0. The van der Waals surface area contributed by atoms with Gasteiger partial charge in [0.25, 0.3) is 10.0 Å². The second-order valence-electron chi connectivity index (χ2n) is 6.74. The van der Waals surface area contributed by atoms with Gasteiger partial charge < -0.3 is 5.32 Å². The van der Waals surface area contributed by atoms with Crippen molar-refractivity contribution in [3.8, 4) is 11.1 Å². The number of nitrogens with one attached hydrogen (secondary N) is 1. The van der Waals surface area contributed by atoms with E-state index < -0.39 is 16.0 Å². The van der Waals surface area contributed by atoms with Gasteiger partial charge in [0.15, 0.2) is 0 Å². The number of rotatable bonds is 5. The molecule has 6 nitrogen and oxygen atoms in total. The number of benzene rings is 1. The Balaban J connectivity index is 0.00000256. The number of pyridine rings is 2. The first-order chi connectivity index (χ1) is 13.9. The second-order valence-corrected chi connectivity index (χ2v) is 8.55. The molecule has 156 valence electrons. The number of halogens is 2. The van der Waals surface area contributed by atoms with Crippen molar-refractivity contribution >= 4 is 33.3 Å². The van der Waals surface area contributed by atoms with E-state index in [1.807, 2.05) is 12.1 Å². The number of hydrogen-bond acceptors (Lipinski definition) is 5. The van der Waals surface area contributed by atoms with Crippen molar-refractivity contribution < 1.29 is 12.8 Å². The molecular formula is C21H20ClFN4O2S. The van der Waals surface area contributed by atoms with Crippen molar-refractivity contribution in [3.05, 3.63) is 78.3 Å². The molecule has 30 heavy (non-hydrogen) atoms. The minimum atomic E-state index is -3.83. The fourth-order valence-electron chi connectivity index (χ4n) is 3.31. The van der Waals surface area contributed by atoms with Gasteiger partial charge in [-0.3, -0.25) is 4.98 Å². The van der Waals surface area contributed by atoms with Crippen LogP contribution in [0.2, 0.25) is 0 Å². The third-order valence-electron chi connectivity index (χ3n) is 4.76. The summed E-state index contributed by atoms with van der Waals surface area (Å²) in [6, 6.07) is 10.4. The van der Waals surface area contributed by atoms with E-state index in [4.69, 9.17) is 0 Å². The standard InChI is InChI=1S/C21H19FN4O2S.ClH/c1-14-8-16(11-25-21(14)22)15-5-6-19-17(10-23-2)13-26(20(19)9-15)29(27,28)18-4-3-7-24-12-18;/h3-9,11-13,23H,10H2,1-2H3;1H. The fraction of sp³-hybridized carbons (Fsp3) is 0.143. The maximum Gasteiger partial charge on any atom is 0.269 e. The van der Waals surface area contributed by atoms with Crippen LogP contribution in [-0.2, 0) is 16.6 Å². The molecule has 0 spiro atoms. The first-order valence-electron chi connectivity index (χ1n) is 8.98. The van der Waals surface area contributed by atoms with Gasteiger partial charge in [-0.15, -0.1) is 12.4 Å². The lowest BCUT2D eigenvalue weighted by Gasteiger charge is -2.09. The molecule has 0 aliphatic heterocycles. The highest BCUT2D eigenvalue weighted by molar-refractivity contribution is 7.90. The lowest BCUT2D eigenvalue weighted by atomic mass is 10.0. The molecule has 0 bridgehead atoms. The largest absolute Gasteiger partial charge is 0.316 e. The van der Waals surface area contributed by atoms with Crippen LogP contribution < -0.4 is 5.32 Å². The van der Waals surface area contributed by atoms with E-state index in [0.29, 0.717) is 23.2 Å². The highest BCUT2D eigenvalue weighted by atomic mass is 35.5. The lowest BCUT2D eigenvalue weighted by Crippen LogP contribution is -2.12. The molecular weight excluding hydrogens is 427 g/mol. The van der Waals surface area contributed by atoms with Crippen molar-refractivity contribution in [1.29, 1.82) is 0 Å². The maximum absolute atomic E-state index is 13.6. The zero-order chi connectivity index (χ0) is 20.6. The third kappa shape index (κ3) is 3.81. The van der Waals surface area contributed by atoms with Gasteiger partial charge in [-0.25, -0.2) is 17.4 Å². The Morgan fingerprint density at radius 3 is 2.60 bits per heavy atom. The van der Waals surface area contributed by atoms with E-state index in [1.54, 1.807) is 38.4 Å². The van der Waals surface area contributed by atoms with Gasteiger partial charge in [0.1, 0.15) is 4.90 Å². The fourth-order valence-corrected chi connectivity index (χ4v) is 4.65. The Morgan fingerprint density at radius 1 is 1.13 bits per heavy atom. The molecule has 0 aliphatic carbocycles. The first-order valence-corrected chi connectivity index (χ1v) is 10.4. The van der Waals surface area contributed by atoms with Crippen LogP contribution in [0, 0.1) is 12.9 Å². The predicted molar refractivity (Wildman–Crippen MR) is 117 cm³/mol. The van der Waals surface area contributed by atoms with E-state index in [2.05, 4.69) is 15.3 Å². The smallest absolute Gasteiger partial charge is 0.269 e. The van der Waals surface area contributed by atoms with Crippen LogP contribution in [0.25, 0.3) is 22.0 Å². The average molecular weight is 447 g/mol. The summed E-state index contributed by atoms with van der Waals surface area (Å²) in [6.07, 6.45) is 5.93. The molecule has 0 aliphatic rings. The number of nitrogens with zero attached hydrogens (tertiary/aromatic N) is 3. The summed E-state index contributed by atoms with van der Waals surface area (Å²) in [6.45, 7) is 2.16. The van der Waals surface area contributed by atoms with Gasteiger partial charge in [-0.1, -0.05) is 12.1 Å². The second kappa shape index (κ2) is 8.51. The number of hydrogen-bond donors (Lipinski definition) is 1. The molecule has 0 saturated heterocycles. The Hall–Kier alpha value is -2.81. The highest BCUT2D eigenvalue weighted by Crippen LogP contribution is 2.30. The van der Waals surface area contributed by atoms with Crippen molar-refractivity contribution in [2.24, 2.45) is 0 Å². The summed E-state index contributed by atoms with van der Waals surface area (Å²) in [5.41, 5.74) is 3.29. The molecule has 1 N–H and O–H groups in total. The molecule has 9 heteroatoms. The molecule has 0 unspecified atom stereocenters. The first kappa shape index (κ1) is 21.9. The van der Waals surface area contributed by atoms with E-state index in [-0.39, 0.29) is 17.3 Å². The van der Waals surface area contributed by atoms with Crippen molar-refractivity contribution in [2.75, 3.05) is 7.05 Å². The summed E-state index contributed by atoms with van der Waals surface area (Å²) in [4.78, 5) is 7.82. The Kier molecular flexibility index (Phi) is 6.21. The van der Waals surface area contributed by atoms with E-state index in [9.17, 15) is 12.8 Å². The predicted octanol–water partition coefficient (Wildman–Crippen LogP) is 3.92. The van der Waals surface area contributed by atoms with Crippen LogP contribution in [0.5, 0.6) is 0 Å². The molecule has 0 amide bonds. The minimum Gasteiger partial charge on any atom is -0.316 e. The Labute approximate surface area is 180 Å². The molecule has 0 atom stereocenters. The number of fused-ring (bicyclic) bond motifs is 1. The highest BCUT2D eigenvalue weighted by Gasteiger charge is 2.22. The van der Waals surface area contributed by atoms with E-state index >= 15 is 0 Å². The zero-order valence-corrected chi connectivity index (χ0v) is 18.0. The summed E-state index contributed by atoms with van der Waals surface area (Å²) in [5, 5.41) is 3.89. The van der Waals surface area contributed by atoms with Gasteiger partial charge in [-0.2, -0.15) is 4.39 Å². The molecule has 0 radical (unpaired) electrons. The summed E-state index contributed by atoms with van der Waals surface area (Å²) in [5.74, 6) is -0.520. The maximum atomic E-state index is 13.6. The van der Waals surface area contributed by atoms with Gasteiger partial charge in [0.2, 0.25) is 5.95 Å². The van der Waals surface area contributed by atoms with Crippen LogP contribution in [0.4, 0.5) is 4.39 Å². The van der Waals surface area contributed by atoms with Crippen LogP contribution >= 0.6 is 12.4 Å². The molecule has 0 saturated carbocycles. The number of aryl methyl sites for hydroxylation is 1. The number of aromatic nitrogens is 3. The summed E-state index contributed by atoms with van der Waals surface area (Å²) in [7, 11) is -2.02. The van der Waals surface area contributed by atoms with E-state index in [0.717, 1.165) is 16.5 Å².